The molecule has 2 aromatic carbocycles. The molecule has 0 radical (unpaired) electrons. The van der Waals surface area contributed by atoms with Crippen molar-refractivity contribution in [3.05, 3.63) is 70.7 Å². The van der Waals surface area contributed by atoms with E-state index < -0.39 is 5.60 Å². The quantitative estimate of drug-likeness (QED) is 0.712. The van der Waals surface area contributed by atoms with E-state index >= 15 is 0 Å². The van der Waals surface area contributed by atoms with Crippen LogP contribution in [-0.4, -0.2) is 29.5 Å². The van der Waals surface area contributed by atoms with Gasteiger partial charge in [-0.3, -0.25) is 4.79 Å². The lowest BCUT2D eigenvalue weighted by molar-refractivity contribution is -0.0222. The molecule has 140 valence electrons. The van der Waals surface area contributed by atoms with Crippen molar-refractivity contribution in [2.75, 3.05) is 13.1 Å². The van der Waals surface area contributed by atoms with Crippen LogP contribution in [0.3, 0.4) is 0 Å². The first-order chi connectivity index (χ1) is 13.8. The number of piperidine rings is 1. The van der Waals surface area contributed by atoms with Gasteiger partial charge in [0.2, 0.25) is 0 Å². The molecule has 3 aromatic rings. The molecule has 1 fully saturated rings. The topological polar surface area (TPSA) is 51.2 Å². The highest BCUT2D eigenvalue weighted by atomic mass is 32.1. The number of Topliss-reactive ketones (excluding diaryl/α,β-unsaturated/α-hetero) is 1. The number of carbonyl (C=O) groups excluding carboxylic acids is 1. The largest absolute Gasteiger partial charge is 0.486 e. The number of para-hydroxylation sites is 1. The number of fused-ring (bicyclic) bond motifs is 2. The maximum absolute atomic E-state index is 13.6. The highest BCUT2D eigenvalue weighted by Gasteiger charge is 2.60. The lowest BCUT2D eigenvalue weighted by atomic mass is 9.71. The molecule has 2 atom stereocenters. The summed E-state index contributed by atoms with van der Waals surface area (Å²) in [7, 11) is 0. The lowest BCUT2D eigenvalue weighted by Crippen LogP contribution is -2.56. The van der Waals surface area contributed by atoms with Crippen molar-refractivity contribution in [1.29, 1.82) is 0 Å². The minimum absolute atomic E-state index is 0.122. The number of hydrogen-bond donors (Lipinski definition) is 1. The third-order valence-electron chi connectivity index (χ3n) is 6.29. The average molecular weight is 388 g/mol. The fourth-order valence-corrected chi connectivity index (χ4v) is 6.06. The molecule has 0 amide bonds. The van der Waals surface area contributed by atoms with E-state index in [-0.39, 0.29) is 17.6 Å². The van der Waals surface area contributed by atoms with E-state index in [0.717, 1.165) is 53.5 Å². The number of thiazole rings is 1. The van der Waals surface area contributed by atoms with Crippen molar-refractivity contribution in [2.24, 2.45) is 5.92 Å². The Morgan fingerprint density at radius 3 is 2.54 bits per heavy atom. The van der Waals surface area contributed by atoms with Crippen LogP contribution < -0.4 is 10.1 Å². The minimum Gasteiger partial charge on any atom is -0.486 e. The summed E-state index contributed by atoms with van der Waals surface area (Å²) in [6, 6.07) is 18.0. The van der Waals surface area contributed by atoms with E-state index in [4.69, 9.17) is 9.72 Å². The van der Waals surface area contributed by atoms with E-state index in [9.17, 15) is 4.79 Å². The van der Waals surface area contributed by atoms with E-state index in [1.807, 2.05) is 42.5 Å². The van der Waals surface area contributed by atoms with Crippen LogP contribution in [0.1, 0.15) is 39.7 Å². The molecule has 3 aliphatic rings. The van der Waals surface area contributed by atoms with Gasteiger partial charge in [0.05, 0.1) is 23.1 Å². The Morgan fingerprint density at radius 1 is 1.04 bits per heavy atom. The number of ketones is 1. The SMILES string of the molecule is O=C1c2ccccc2OC2(CCNCC2)C1C1c2nc(-c3ccccc3)sc21. The second kappa shape index (κ2) is 6.00. The first-order valence-electron chi connectivity index (χ1n) is 9.86. The van der Waals surface area contributed by atoms with Crippen LogP contribution in [0.5, 0.6) is 5.75 Å². The smallest absolute Gasteiger partial charge is 0.174 e. The van der Waals surface area contributed by atoms with Gasteiger partial charge in [-0.2, -0.15) is 0 Å². The third kappa shape index (κ3) is 2.33. The summed E-state index contributed by atoms with van der Waals surface area (Å²) < 4.78 is 6.58. The van der Waals surface area contributed by atoms with Gasteiger partial charge in [-0.05, 0) is 25.2 Å². The van der Waals surface area contributed by atoms with Crippen molar-refractivity contribution in [2.45, 2.75) is 24.4 Å². The standard InChI is InChI=1S/C23H20N2O2S/c26-20-15-8-4-5-9-16(15)27-23(10-12-24-13-11-23)18(20)17-19-21(17)28-22(25-19)14-6-2-1-3-7-14/h1-9,17-18,24H,10-13H2. The van der Waals surface area contributed by atoms with Crippen LogP contribution in [-0.2, 0) is 0 Å². The number of nitrogens with one attached hydrogen (secondary N) is 1. The summed E-state index contributed by atoms with van der Waals surface area (Å²) in [5, 5.41) is 4.46. The van der Waals surface area contributed by atoms with Gasteiger partial charge in [-0.25, -0.2) is 4.98 Å². The molecule has 6 rings (SSSR count). The minimum atomic E-state index is -0.422. The molecule has 2 unspecified atom stereocenters. The summed E-state index contributed by atoms with van der Waals surface area (Å²) in [4.78, 5) is 19.7. The molecule has 4 nitrogen and oxygen atoms in total. The molecule has 1 saturated heterocycles. The zero-order chi connectivity index (χ0) is 18.7. The second-order valence-corrected chi connectivity index (χ2v) is 8.90. The molecule has 3 heterocycles. The molecule has 0 bridgehead atoms. The molecule has 1 N–H and O–H groups in total. The number of carbonyl (C=O) groups is 1. The van der Waals surface area contributed by atoms with Gasteiger partial charge < -0.3 is 10.1 Å². The van der Waals surface area contributed by atoms with E-state index in [0.29, 0.717) is 0 Å². The molecule has 28 heavy (non-hydrogen) atoms. The van der Waals surface area contributed by atoms with E-state index in [2.05, 4.69) is 17.4 Å². The van der Waals surface area contributed by atoms with Crippen LogP contribution in [0.15, 0.2) is 54.6 Å². The highest BCUT2D eigenvalue weighted by Crippen LogP contribution is 2.60. The van der Waals surface area contributed by atoms with Crippen LogP contribution >= 0.6 is 11.3 Å². The zero-order valence-corrected chi connectivity index (χ0v) is 16.2. The molecule has 1 aromatic heterocycles. The number of rotatable bonds is 2. The first-order valence-corrected chi connectivity index (χ1v) is 10.7. The van der Waals surface area contributed by atoms with Gasteiger partial charge >= 0.3 is 0 Å². The average Bonchev–Trinajstić information content (AvgIpc) is 3.19. The predicted octanol–water partition coefficient (Wildman–Crippen LogP) is 4.27. The van der Waals surface area contributed by atoms with Crippen LogP contribution in [0.2, 0.25) is 0 Å². The summed E-state index contributed by atoms with van der Waals surface area (Å²) in [5.74, 6) is 0.923. The Balaban J connectivity index is 1.38. The molecule has 0 saturated carbocycles. The Kier molecular flexibility index (Phi) is 3.52. The van der Waals surface area contributed by atoms with Crippen LogP contribution in [0, 0.1) is 5.92 Å². The normalized spacial score (nSPS) is 24.4. The van der Waals surface area contributed by atoms with Gasteiger partial charge in [0, 0.05) is 23.3 Å². The Morgan fingerprint density at radius 2 is 1.79 bits per heavy atom. The number of hydrogen-bond acceptors (Lipinski definition) is 5. The first kappa shape index (κ1) is 16.5. The Bertz CT molecular complexity index is 1050. The number of nitrogens with zero attached hydrogens (tertiary/aromatic N) is 1. The van der Waals surface area contributed by atoms with Gasteiger partial charge in [-0.15, -0.1) is 11.3 Å². The van der Waals surface area contributed by atoms with Gasteiger partial charge in [0.1, 0.15) is 16.4 Å². The highest BCUT2D eigenvalue weighted by molar-refractivity contribution is 7.16. The number of aromatic nitrogens is 1. The molecular weight excluding hydrogens is 368 g/mol. The Labute approximate surface area is 167 Å². The zero-order valence-electron chi connectivity index (χ0n) is 15.4. The van der Waals surface area contributed by atoms with Crippen LogP contribution in [0.4, 0.5) is 0 Å². The fourth-order valence-electron chi connectivity index (χ4n) is 4.86. The van der Waals surface area contributed by atoms with Crippen molar-refractivity contribution in [3.63, 3.8) is 0 Å². The molecule has 1 spiro atoms. The maximum atomic E-state index is 13.6. The third-order valence-corrected chi connectivity index (χ3v) is 7.50. The van der Waals surface area contributed by atoms with Gasteiger partial charge in [0.25, 0.3) is 0 Å². The summed E-state index contributed by atoms with van der Waals surface area (Å²) >= 11 is 1.73. The molecular formula is C23H20N2O2S. The summed E-state index contributed by atoms with van der Waals surface area (Å²) in [5.41, 5.74) is 2.55. The number of benzene rings is 2. The van der Waals surface area contributed by atoms with E-state index in [1.54, 1.807) is 11.3 Å². The van der Waals surface area contributed by atoms with Crippen molar-refractivity contribution >= 4 is 17.1 Å². The van der Waals surface area contributed by atoms with Crippen molar-refractivity contribution in [3.8, 4) is 16.3 Å². The summed E-state index contributed by atoms with van der Waals surface area (Å²) in [6.07, 6.45) is 1.71. The van der Waals surface area contributed by atoms with Crippen molar-refractivity contribution < 1.29 is 9.53 Å². The maximum Gasteiger partial charge on any atom is 0.174 e. The predicted molar refractivity (Wildman–Crippen MR) is 109 cm³/mol. The Hall–Kier alpha value is -2.50. The molecule has 1 aliphatic carbocycles. The van der Waals surface area contributed by atoms with Crippen LogP contribution in [0.25, 0.3) is 10.6 Å². The second-order valence-electron chi connectivity index (χ2n) is 7.87. The fraction of sp³-hybridized carbons (Fsp3) is 0.304. The van der Waals surface area contributed by atoms with Gasteiger partial charge in [-0.1, -0.05) is 42.5 Å². The summed E-state index contributed by atoms with van der Waals surface area (Å²) in [6.45, 7) is 1.77. The lowest BCUT2D eigenvalue weighted by Gasteiger charge is -2.46. The van der Waals surface area contributed by atoms with Gasteiger partial charge in [0.15, 0.2) is 5.78 Å². The van der Waals surface area contributed by atoms with E-state index in [1.165, 1.54) is 4.88 Å². The molecule has 5 heteroatoms. The van der Waals surface area contributed by atoms with Crippen molar-refractivity contribution in [1.82, 2.24) is 10.3 Å². The molecule has 2 aliphatic heterocycles. The number of ether oxygens (including phenoxy) is 1. The monoisotopic (exact) mass is 388 g/mol.